The Hall–Kier alpha value is -3.14. The first kappa shape index (κ1) is 20.1. The van der Waals surface area contributed by atoms with Gasteiger partial charge in [-0.25, -0.2) is 9.50 Å². The van der Waals surface area contributed by atoms with E-state index in [1.165, 1.54) is 0 Å². The fraction of sp³-hybridized carbons (Fsp3) is 0.238. The molecule has 0 saturated carbocycles. The molecular weight excluding hydrogens is 400 g/mol. The maximum atomic E-state index is 12.6. The minimum absolute atomic E-state index is 0.0573. The lowest BCUT2D eigenvalue weighted by molar-refractivity contribution is 0.0950. The molecule has 8 nitrogen and oxygen atoms in total. The highest BCUT2D eigenvalue weighted by Crippen LogP contribution is 2.27. The average molecular weight is 423 g/mol. The highest BCUT2D eigenvalue weighted by Gasteiger charge is 2.14. The Morgan fingerprint density at radius 3 is 3.00 bits per heavy atom. The van der Waals surface area contributed by atoms with Crippen molar-refractivity contribution in [2.45, 2.75) is 13.0 Å². The quantitative estimate of drug-likeness (QED) is 0.402. The van der Waals surface area contributed by atoms with E-state index >= 15 is 0 Å². The minimum atomic E-state index is -0.181. The SMILES string of the molecule is CC(CNC(=O)c1ccnc(-c2cnn3ccc(-c4cccs4)nc23)c1)NCCO. The predicted molar refractivity (Wildman–Crippen MR) is 116 cm³/mol. The number of fused-ring (bicyclic) bond motifs is 1. The summed E-state index contributed by atoms with van der Waals surface area (Å²) in [4.78, 5) is 22.8. The number of amides is 1. The molecule has 0 bridgehead atoms. The van der Waals surface area contributed by atoms with Gasteiger partial charge in [-0.1, -0.05) is 6.07 Å². The van der Waals surface area contributed by atoms with Crippen LogP contribution < -0.4 is 10.6 Å². The van der Waals surface area contributed by atoms with E-state index in [0.717, 1.165) is 16.1 Å². The number of aromatic nitrogens is 4. The van der Waals surface area contributed by atoms with E-state index in [1.807, 2.05) is 36.7 Å². The van der Waals surface area contributed by atoms with Crippen LogP contribution >= 0.6 is 11.3 Å². The number of hydrogen-bond acceptors (Lipinski definition) is 7. The molecule has 0 saturated heterocycles. The van der Waals surface area contributed by atoms with Gasteiger partial charge in [-0.2, -0.15) is 5.10 Å². The second-order valence-electron chi connectivity index (χ2n) is 6.84. The molecule has 1 atom stereocenters. The Balaban J connectivity index is 1.57. The van der Waals surface area contributed by atoms with Crippen molar-refractivity contribution >= 4 is 22.9 Å². The fourth-order valence-corrected chi connectivity index (χ4v) is 3.76. The number of hydrogen-bond donors (Lipinski definition) is 3. The summed E-state index contributed by atoms with van der Waals surface area (Å²) in [6, 6.07) is 9.44. The number of nitrogens with zero attached hydrogens (tertiary/aromatic N) is 4. The lowest BCUT2D eigenvalue weighted by Crippen LogP contribution is -2.40. The third-order valence-electron chi connectivity index (χ3n) is 4.61. The molecule has 4 heterocycles. The summed E-state index contributed by atoms with van der Waals surface area (Å²) < 4.78 is 1.70. The van der Waals surface area contributed by atoms with E-state index in [4.69, 9.17) is 10.1 Å². The summed E-state index contributed by atoms with van der Waals surface area (Å²) in [5.41, 5.74) is 3.48. The Kier molecular flexibility index (Phi) is 6.12. The fourth-order valence-electron chi connectivity index (χ4n) is 3.06. The van der Waals surface area contributed by atoms with E-state index in [9.17, 15) is 4.79 Å². The second kappa shape index (κ2) is 9.12. The maximum absolute atomic E-state index is 12.6. The van der Waals surface area contributed by atoms with Gasteiger partial charge in [0.25, 0.3) is 5.91 Å². The monoisotopic (exact) mass is 422 g/mol. The van der Waals surface area contributed by atoms with Gasteiger partial charge in [-0.05, 0) is 36.6 Å². The molecule has 0 fully saturated rings. The molecule has 30 heavy (non-hydrogen) atoms. The summed E-state index contributed by atoms with van der Waals surface area (Å²) >= 11 is 1.63. The summed E-state index contributed by atoms with van der Waals surface area (Å²) in [5.74, 6) is -0.181. The highest BCUT2D eigenvalue weighted by atomic mass is 32.1. The minimum Gasteiger partial charge on any atom is -0.395 e. The molecule has 4 aromatic heterocycles. The Morgan fingerprint density at radius 2 is 2.20 bits per heavy atom. The predicted octanol–water partition coefficient (Wildman–Crippen LogP) is 2.22. The van der Waals surface area contributed by atoms with Crippen LogP contribution in [-0.4, -0.2) is 56.3 Å². The van der Waals surface area contributed by atoms with Crippen molar-refractivity contribution in [3.05, 3.63) is 59.9 Å². The summed E-state index contributed by atoms with van der Waals surface area (Å²) in [5, 5.41) is 21.3. The van der Waals surface area contributed by atoms with Gasteiger partial charge in [0.1, 0.15) is 0 Å². The summed E-state index contributed by atoms with van der Waals surface area (Å²) in [6.45, 7) is 2.96. The number of nitrogens with one attached hydrogen (secondary N) is 2. The van der Waals surface area contributed by atoms with Crippen LogP contribution in [0.25, 0.3) is 27.5 Å². The lowest BCUT2D eigenvalue weighted by Gasteiger charge is -2.14. The number of rotatable bonds is 8. The maximum Gasteiger partial charge on any atom is 0.251 e. The molecule has 0 aliphatic rings. The van der Waals surface area contributed by atoms with Gasteiger partial charge >= 0.3 is 0 Å². The van der Waals surface area contributed by atoms with E-state index in [1.54, 1.807) is 40.4 Å². The third kappa shape index (κ3) is 4.38. The van der Waals surface area contributed by atoms with Gasteiger partial charge in [0.15, 0.2) is 5.65 Å². The molecule has 4 aromatic rings. The number of carbonyl (C=O) groups excluding carboxylic acids is 1. The first-order valence-electron chi connectivity index (χ1n) is 9.63. The Morgan fingerprint density at radius 1 is 1.30 bits per heavy atom. The lowest BCUT2D eigenvalue weighted by atomic mass is 10.1. The summed E-state index contributed by atoms with van der Waals surface area (Å²) in [6.07, 6.45) is 5.20. The van der Waals surface area contributed by atoms with Crippen LogP contribution in [-0.2, 0) is 0 Å². The van der Waals surface area contributed by atoms with Crippen molar-refractivity contribution in [3.8, 4) is 21.8 Å². The van der Waals surface area contributed by atoms with E-state index in [0.29, 0.717) is 30.0 Å². The van der Waals surface area contributed by atoms with Crippen molar-refractivity contribution in [1.82, 2.24) is 30.2 Å². The van der Waals surface area contributed by atoms with E-state index in [-0.39, 0.29) is 18.6 Å². The number of aliphatic hydroxyl groups is 1. The van der Waals surface area contributed by atoms with Crippen LogP contribution in [0.2, 0.25) is 0 Å². The first-order valence-corrected chi connectivity index (χ1v) is 10.5. The topological polar surface area (TPSA) is 104 Å². The molecule has 1 amide bonds. The van der Waals surface area contributed by atoms with Crippen LogP contribution in [0.4, 0.5) is 0 Å². The van der Waals surface area contributed by atoms with Crippen molar-refractivity contribution in [2.75, 3.05) is 19.7 Å². The van der Waals surface area contributed by atoms with Crippen molar-refractivity contribution < 1.29 is 9.90 Å². The normalized spacial score (nSPS) is 12.2. The van der Waals surface area contributed by atoms with Crippen molar-refractivity contribution in [3.63, 3.8) is 0 Å². The van der Waals surface area contributed by atoms with Crippen LogP contribution in [0, 0.1) is 0 Å². The number of thiophene rings is 1. The standard InChI is InChI=1S/C21H22N6O2S/c1-14(22-7-9-28)12-24-21(29)15-4-6-23-18(11-15)16-13-25-27-8-5-17(26-20(16)27)19-3-2-10-30-19/h2-6,8,10-11,13-14,22,28H,7,9,12H2,1H3,(H,24,29). The van der Waals surface area contributed by atoms with Gasteiger partial charge in [0.2, 0.25) is 0 Å². The second-order valence-corrected chi connectivity index (χ2v) is 7.78. The molecule has 0 aliphatic carbocycles. The largest absolute Gasteiger partial charge is 0.395 e. The molecule has 0 aromatic carbocycles. The number of aliphatic hydroxyl groups excluding tert-OH is 1. The van der Waals surface area contributed by atoms with Crippen molar-refractivity contribution in [2.24, 2.45) is 0 Å². The number of pyridine rings is 1. The molecule has 0 spiro atoms. The smallest absolute Gasteiger partial charge is 0.251 e. The van der Waals surface area contributed by atoms with Gasteiger partial charge in [-0.3, -0.25) is 9.78 Å². The zero-order valence-electron chi connectivity index (χ0n) is 16.4. The van der Waals surface area contributed by atoms with Gasteiger partial charge in [0.05, 0.1) is 34.6 Å². The zero-order chi connectivity index (χ0) is 20.9. The highest BCUT2D eigenvalue weighted by molar-refractivity contribution is 7.13. The van der Waals surface area contributed by atoms with Gasteiger partial charge in [0, 0.05) is 37.1 Å². The molecular formula is C21H22N6O2S. The van der Waals surface area contributed by atoms with E-state index in [2.05, 4.69) is 20.7 Å². The molecule has 0 aliphatic heterocycles. The average Bonchev–Trinajstić information content (AvgIpc) is 3.45. The third-order valence-corrected chi connectivity index (χ3v) is 5.51. The van der Waals surface area contributed by atoms with Crippen LogP contribution in [0.1, 0.15) is 17.3 Å². The molecule has 4 rings (SSSR count). The Labute approximate surface area is 177 Å². The zero-order valence-corrected chi connectivity index (χ0v) is 17.3. The van der Waals surface area contributed by atoms with Crippen LogP contribution in [0.3, 0.4) is 0 Å². The Bertz CT molecular complexity index is 1140. The molecule has 9 heteroatoms. The van der Waals surface area contributed by atoms with E-state index < -0.39 is 0 Å². The van der Waals surface area contributed by atoms with Crippen molar-refractivity contribution in [1.29, 1.82) is 0 Å². The molecule has 154 valence electrons. The van der Waals surface area contributed by atoms with Gasteiger partial charge < -0.3 is 15.7 Å². The van der Waals surface area contributed by atoms with Crippen LogP contribution in [0.15, 0.2) is 54.3 Å². The summed E-state index contributed by atoms with van der Waals surface area (Å²) in [7, 11) is 0. The van der Waals surface area contributed by atoms with Gasteiger partial charge in [-0.15, -0.1) is 11.3 Å². The number of carbonyl (C=O) groups is 1. The first-order chi connectivity index (χ1) is 14.7. The van der Waals surface area contributed by atoms with Crippen LogP contribution in [0.5, 0.6) is 0 Å². The molecule has 3 N–H and O–H groups in total. The molecule has 0 radical (unpaired) electrons. The molecule has 1 unspecified atom stereocenters.